The summed E-state index contributed by atoms with van der Waals surface area (Å²) in [5.41, 5.74) is 0. The Morgan fingerprint density at radius 3 is 2.36 bits per heavy atom. The molecule has 0 heterocycles. The van der Waals surface area contributed by atoms with Crippen molar-refractivity contribution in [3.63, 3.8) is 0 Å². The van der Waals surface area contributed by atoms with E-state index in [0.717, 1.165) is 11.8 Å². The molecule has 0 N–H and O–H groups in total. The zero-order chi connectivity index (χ0) is 9.02. The summed E-state index contributed by atoms with van der Waals surface area (Å²) in [6, 6.07) is 0. The fourth-order valence-corrected chi connectivity index (χ4v) is 1.35. The monoisotopic (exact) mass is 192 g/mol. The minimum absolute atomic E-state index is 0.557. The third-order valence-corrected chi connectivity index (χ3v) is 2.74. The van der Waals surface area contributed by atoms with Crippen LogP contribution < -0.4 is 5.11 Å². The number of thioether (sulfide) groups is 1. The molecule has 0 aromatic heterocycles. The first-order valence-corrected chi connectivity index (χ1v) is 4.32. The van der Waals surface area contributed by atoms with Crippen molar-refractivity contribution in [3.05, 3.63) is 0 Å². The molecular weight excluding hydrogens is 182 g/mol. The van der Waals surface area contributed by atoms with Crippen molar-refractivity contribution < 1.29 is 9.90 Å². The molecule has 0 spiro atoms. The molecule has 0 fully saturated rings. The summed E-state index contributed by atoms with van der Waals surface area (Å²) in [7, 11) is 3.55. The van der Waals surface area contributed by atoms with Crippen LogP contribution >= 0.6 is 24.0 Å². The molecule has 11 heavy (non-hydrogen) atoms. The minimum Gasteiger partial charge on any atom is -0.549 e. The van der Waals surface area contributed by atoms with Crippen molar-refractivity contribution >= 4 is 34.3 Å². The quantitative estimate of drug-likeness (QED) is 0.562. The van der Waals surface area contributed by atoms with Gasteiger partial charge in [0.1, 0.15) is 4.32 Å². The largest absolute Gasteiger partial charge is 0.549 e. The van der Waals surface area contributed by atoms with Crippen molar-refractivity contribution in [1.29, 1.82) is 0 Å². The summed E-state index contributed by atoms with van der Waals surface area (Å²) >= 11 is 5.98. The van der Waals surface area contributed by atoms with E-state index in [0.29, 0.717) is 4.32 Å². The topological polar surface area (TPSA) is 43.4 Å². The van der Waals surface area contributed by atoms with Crippen molar-refractivity contribution in [2.24, 2.45) is 0 Å². The molecule has 0 aromatic carbocycles. The second kappa shape index (κ2) is 4.56. The molecule has 0 bridgehead atoms. The lowest BCUT2D eigenvalue weighted by atomic mass is 10.5. The average Bonchev–Trinajstić information content (AvgIpc) is 1.87. The van der Waals surface area contributed by atoms with Crippen LogP contribution in [0.15, 0.2) is 0 Å². The summed E-state index contributed by atoms with van der Waals surface area (Å²) in [6.07, 6.45) is 0. The van der Waals surface area contributed by atoms with E-state index >= 15 is 0 Å². The van der Waals surface area contributed by atoms with E-state index in [-0.39, 0.29) is 0 Å². The molecule has 0 rings (SSSR count). The van der Waals surface area contributed by atoms with E-state index in [1.807, 2.05) is 0 Å². The number of carbonyl (C=O) groups is 1. The highest BCUT2D eigenvalue weighted by Gasteiger charge is 2.07. The van der Waals surface area contributed by atoms with Crippen molar-refractivity contribution in [2.45, 2.75) is 12.2 Å². The van der Waals surface area contributed by atoms with Gasteiger partial charge in [0.05, 0.1) is 5.97 Å². The van der Waals surface area contributed by atoms with Gasteiger partial charge >= 0.3 is 0 Å². The fourth-order valence-electron chi connectivity index (χ4n) is 0.305. The Morgan fingerprint density at radius 2 is 2.09 bits per heavy atom. The van der Waals surface area contributed by atoms with Crippen molar-refractivity contribution in [3.8, 4) is 0 Å². The van der Waals surface area contributed by atoms with E-state index in [9.17, 15) is 9.90 Å². The van der Waals surface area contributed by atoms with Crippen molar-refractivity contribution in [1.82, 2.24) is 4.90 Å². The lowest BCUT2D eigenvalue weighted by Crippen LogP contribution is -2.33. The van der Waals surface area contributed by atoms with Gasteiger partial charge in [0.25, 0.3) is 0 Å². The van der Waals surface area contributed by atoms with Gasteiger partial charge in [-0.05, 0) is 6.92 Å². The molecule has 64 valence electrons. The molecule has 0 amide bonds. The van der Waals surface area contributed by atoms with Crippen LogP contribution in [0.3, 0.4) is 0 Å². The summed E-state index contributed by atoms with van der Waals surface area (Å²) in [4.78, 5) is 11.9. The molecule has 3 nitrogen and oxygen atoms in total. The highest BCUT2D eigenvalue weighted by molar-refractivity contribution is 8.23. The average molecular weight is 192 g/mol. The highest BCUT2D eigenvalue weighted by Crippen LogP contribution is 2.13. The maximum atomic E-state index is 10.2. The van der Waals surface area contributed by atoms with Gasteiger partial charge in [0, 0.05) is 19.3 Å². The molecule has 0 saturated heterocycles. The van der Waals surface area contributed by atoms with E-state index in [1.54, 1.807) is 25.9 Å². The zero-order valence-electron chi connectivity index (χ0n) is 6.66. The Morgan fingerprint density at radius 1 is 1.64 bits per heavy atom. The molecule has 0 aliphatic heterocycles. The molecule has 0 aromatic rings. The smallest absolute Gasteiger partial charge is 0.136 e. The van der Waals surface area contributed by atoms with Gasteiger partial charge in [-0.2, -0.15) is 0 Å². The second-order valence-electron chi connectivity index (χ2n) is 2.24. The summed E-state index contributed by atoms with van der Waals surface area (Å²) in [5, 5.41) is 9.67. The number of rotatable bonds is 2. The first kappa shape index (κ1) is 10.7. The fraction of sp³-hybridized carbons (Fsp3) is 0.667. The first-order valence-electron chi connectivity index (χ1n) is 3.04. The number of nitrogens with zero attached hydrogens (tertiary/aromatic N) is 1. The summed E-state index contributed by atoms with van der Waals surface area (Å²) < 4.78 is 0.557. The molecule has 5 heteroatoms. The summed E-state index contributed by atoms with van der Waals surface area (Å²) in [5.74, 6) is -1.08. The Balaban J connectivity index is 3.85. The van der Waals surface area contributed by atoms with Crippen LogP contribution in [0.4, 0.5) is 0 Å². The van der Waals surface area contributed by atoms with Crippen molar-refractivity contribution in [2.75, 3.05) is 14.1 Å². The predicted molar refractivity (Wildman–Crippen MR) is 48.3 cm³/mol. The van der Waals surface area contributed by atoms with Gasteiger partial charge in [-0.1, -0.05) is 24.0 Å². The molecular formula is C6H10NO2S2-. The number of thiocarbonyl (C=S) groups is 1. The van der Waals surface area contributed by atoms with E-state index in [4.69, 9.17) is 12.2 Å². The molecule has 0 aliphatic carbocycles. The number of aliphatic carboxylic acids is 1. The maximum Gasteiger partial charge on any atom is 0.136 e. The van der Waals surface area contributed by atoms with E-state index in [1.165, 1.54) is 0 Å². The maximum absolute atomic E-state index is 10.2. The normalized spacial score (nSPS) is 12.3. The van der Waals surface area contributed by atoms with Crippen LogP contribution in [0.1, 0.15) is 6.92 Å². The third kappa shape index (κ3) is 4.21. The van der Waals surface area contributed by atoms with Crippen LogP contribution in [-0.4, -0.2) is 34.5 Å². The number of hydrogen-bond donors (Lipinski definition) is 0. The molecule has 0 aliphatic rings. The summed E-state index contributed by atoms with van der Waals surface area (Å²) in [6.45, 7) is 1.55. The standard InChI is InChI=1S/C6H11NO2S2/c1-4(5(8)9)11-6(10)7(2)3/h4H,1-3H3,(H,8,9)/p-1/t4-/m0/s1. The Labute approximate surface area is 75.8 Å². The van der Waals surface area contributed by atoms with Crippen LogP contribution in [0, 0.1) is 0 Å². The zero-order valence-corrected chi connectivity index (χ0v) is 8.29. The SMILES string of the molecule is C[C@H](SC(=S)N(C)C)C(=O)[O-]. The predicted octanol–water partition coefficient (Wildman–Crippen LogP) is -0.296. The number of carboxylic acids is 1. The Hall–Kier alpha value is -0.290. The van der Waals surface area contributed by atoms with Crippen LogP contribution in [-0.2, 0) is 4.79 Å². The van der Waals surface area contributed by atoms with Gasteiger partial charge in [0.15, 0.2) is 0 Å². The molecule has 0 saturated carbocycles. The highest BCUT2D eigenvalue weighted by atomic mass is 32.2. The molecule has 0 unspecified atom stereocenters. The van der Waals surface area contributed by atoms with Gasteiger partial charge in [0.2, 0.25) is 0 Å². The van der Waals surface area contributed by atoms with Gasteiger partial charge < -0.3 is 14.8 Å². The van der Waals surface area contributed by atoms with E-state index in [2.05, 4.69) is 0 Å². The lowest BCUT2D eigenvalue weighted by molar-refractivity contribution is -0.304. The second-order valence-corrected chi connectivity index (χ2v) is 4.21. The first-order chi connectivity index (χ1) is 4.95. The number of hydrogen-bond acceptors (Lipinski definition) is 4. The van der Waals surface area contributed by atoms with Gasteiger partial charge in [-0.25, -0.2) is 0 Å². The Bertz CT molecular complexity index is 170. The van der Waals surface area contributed by atoms with Crippen LogP contribution in [0.5, 0.6) is 0 Å². The third-order valence-electron chi connectivity index (χ3n) is 0.975. The van der Waals surface area contributed by atoms with Crippen LogP contribution in [0.25, 0.3) is 0 Å². The number of carbonyl (C=O) groups excluding carboxylic acids is 1. The molecule has 0 radical (unpaired) electrons. The van der Waals surface area contributed by atoms with E-state index < -0.39 is 11.2 Å². The Kier molecular flexibility index (Phi) is 4.44. The number of carboxylic acid groups (broad SMARTS) is 1. The van der Waals surface area contributed by atoms with Gasteiger partial charge in [-0.15, -0.1) is 0 Å². The minimum atomic E-state index is -1.08. The molecule has 1 atom stereocenters. The lowest BCUT2D eigenvalue weighted by Gasteiger charge is -2.17. The van der Waals surface area contributed by atoms with Crippen LogP contribution in [0.2, 0.25) is 0 Å². The van der Waals surface area contributed by atoms with Gasteiger partial charge in [-0.3, -0.25) is 0 Å².